The third-order valence-corrected chi connectivity index (χ3v) is 5.20. The van der Waals surface area contributed by atoms with Crippen molar-refractivity contribution in [2.24, 2.45) is 0 Å². The van der Waals surface area contributed by atoms with Gasteiger partial charge in [0.25, 0.3) is 0 Å². The molecule has 0 saturated carbocycles. The minimum absolute atomic E-state index is 0.0164. The van der Waals surface area contributed by atoms with Crippen LogP contribution in [0.25, 0.3) is 0 Å². The Morgan fingerprint density at radius 3 is 2.95 bits per heavy atom. The van der Waals surface area contributed by atoms with E-state index in [0.717, 1.165) is 24.3 Å². The molecule has 3 N–H and O–H groups in total. The fraction of sp³-hybridized carbons (Fsp3) is 0.583. The Morgan fingerprint density at radius 1 is 1.55 bits per heavy atom. The third kappa shape index (κ3) is 4.11. The first-order valence-corrected chi connectivity index (χ1v) is 8.43. The lowest BCUT2D eigenvalue weighted by molar-refractivity contribution is 0.0691. The molecule has 0 bridgehead atoms. The molecular formula is C12H17N3O3S2. The van der Waals surface area contributed by atoms with Crippen molar-refractivity contribution in [3.05, 3.63) is 16.1 Å². The first-order chi connectivity index (χ1) is 9.56. The standard InChI is InChI=1S/C12H17N3O3S2/c1-7(10-15-9(6-20-10)11(16)17)13-12(18)14-8-3-2-4-19-5-8/h6-8H,2-5H2,1H3,(H,16,17)(H2,13,14,18). The summed E-state index contributed by atoms with van der Waals surface area (Å²) in [6, 6.07) is -0.312. The summed E-state index contributed by atoms with van der Waals surface area (Å²) < 4.78 is 0. The maximum Gasteiger partial charge on any atom is 0.355 e. The molecule has 0 aliphatic carbocycles. The summed E-state index contributed by atoms with van der Waals surface area (Å²) in [4.78, 5) is 26.6. The third-order valence-electron chi connectivity index (χ3n) is 2.95. The summed E-state index contributed by atoms with van der Waals surface area (Å²) in [6.07, 6.45) is 2.13. The van der Waals surface area contributed by atoms with Gasteiger partial charge >= 0.3 is 12.0 Å². The molecule has 1 aromatic rings. The molecule has 2 unspecified atom stereocenters. The number of nitrogens with zero attached hydrogens (tertiary/aromatic N) is 1. The quantitative estimate of drug-likeness (QED) is 0.791. The second-order valence-corrected chi connectivity index (χ2v) is 6.67. The number of carbonyl (C=O) groups excluding carboxylic acids is 1. The van der Waals surface area contributed by atoms with Crippen LogP contribution in [0.2, 0.25) is 0 Å². The predicted molar refractivity (Wildman–Crippen MR) is 79.5 cm³/mol. The van der Waals surface area contributed by atoms with E-state index in [0.29, 0.717) is 5.01 Å². The lowest BCUT2D eigenvalue weighted by Gasteiger charge is -2.23. The van der Waals surface area contributed by atoms with Gasteiger partial charge in [-0.3, -0.25) is 0 Å². The van der Waals surface area contributed by atoms with Gasteiger partial charge in [-0.15, -0.1) is 11.3 Å². The van der Waals surface area contributed by atoms with E-state index in [1.54, 1.807) is 6.92 Å². The van der Waals surface area contributed by atoms with Gasteiger partial charge in [-0.25, -0.2) is 14.6 Å². The summed E-state index contributed by atoms with van der Waals surface area (Å²) in [5, 5.41) is 16.6. The number of nitrogens with one attached hydrogen (secondary N) is 2. The number of thioether (sulfide) groups is 1. The summed E-state index contributed by atoms with van der Waals surface area (Å²) in [6.45, 7) is 1.79. The van der Waals surface area contributed by atoms with Crippen molar-refractivity contribution in [3.8, 4) is 0 Å². The number of rotatable bonds is 4. The van der Waals surface area contributed by atoms with Gasteiger partial charge in [0.2, 0.25) is 0 Å². The van der Waals surface area contributed by atoms with Crippen LogP contribution in [0.4, 0.5) is 4.79 Å². The van der Waals surface area contributed by atoms with Crippen molar-refractivity contribution in [3.63, 3.8) is 0 Å². The normalized spacial score (nSPS) is 20.1. The predicted octanol–water partition coefficient (Wildman–Crippen LogP) is 2.10. The highest BCUT2D eigenvalue weighted by Crippen LogP contribution is 2.19. The van der Waals surface area contributed by atoms with Crippen LogP contribution in [0, 0.1) is 0 Å². The molecule has 110 valence electrons. The SMILES string of the molecule is CC(NC(=O)NC1CCCSC1)c1nc(C(=O)O)cs1. The molecule has 1 aliphatic rings. The fourth-order valence-corrected chi connectivity index (χ4v) is 3.80. The lowest BCUT2D eigenvalue weighted by atomic mass is 10.2. The van der Waals surface area contributed by atoms with Crippen LogP contribution < -0.4 is 10.6 Å². The molecular weight excluding hydrogens is 298 g/mol. The molecule has 0 spiro atoms. The van der Waals surface area contributed by atoms with E-state index < -0.39 is 5.97 Å². The van der Waals surface area contributed by atoms with Crippen LogP contribution in [0.15, 0.2) is 5.38 Å². The largest absolute Gasteiger partial charge is 0.476 e. The zero-order chi connectivity index (χ0) is 14.5. The zero-order valence-corrected chi connectivity index (χ0v) is 12.7. The monoisotopic (exact) mass is 315 g/mol. The van der Waals surface area contributed by atoms with Gasteiger partial charge in [0.15, 0.2) is 5.69 Å². The number of hydrogen-bond donors (Lipinski definition) is 3. The van der Waals surface area contributed by atoms with Gasteiger partial charge in [-0.05, 0) is 25.5 Å². The highest BCUT2D eigenvalue weighted by Gasteiger charge is 2.19. The van der Waals surface area contributed by atoms with Crippen molar-refractivity contribution in [2.75, 3.05) is 11.5 Å². The summed E-state index contributed by atoms with van der Waals surface area (Å²) >= 11 is 3.08. The lowest BCUT2D eigenvalue weighted by Crippen LogP contribution is -2.45. The van der Waals surface area contributed by atoms with Crippen LogP contribution in [-0.2, 0) is 0 Å². The summed E-state index contributed by atoms with van der Waals surface area (Å²) in [5.74, 6) is 1.05. The van der Waals surface area contributed by atoms with E-state index in [1.807, 2.05) is 11.8 Å². The van der Waals surface area contributed by atoms with Gasteiger partial charge < -0.3 is 15.7 Å². The first-order valence-electron chi connectivity index (χ1n) is 6.39. The zero-order valence-electron chi connectivity index (χ0n) is 11.1. The van der Waals surface area contributed by atoms with Gasteiger partial charge in [-0.1, -0.05) is 0 Å². The van der Waals surface area contributed by atoms with E-state index in [-0.39, 0.29) is 23.8 Å². The second-order valence-electron chi connectivity index (χ2n) is 4.63. The fourth-order valence-electron chi connectivity index (χ4n) is 1.92. The molecule has 1 fully saturated rings. The van der Waals surface area contributed by atoms with Crippen molar-refractivity contribution in [1.82, 2.24) is 15.6 Å². The molecule has 0 radical (unpaired) electrons. The van der Waals surface area contributed by atoms with Crippen molar-refractivity contribution in [2.45, 2.75) is 31.8 Å². The van der Waals surface area contributed by atoms with Crippen molar-refractivity contribution in [1.29, 1.82) is 0 Å². The van der Waals surface area contributed by atoms with E-state index in [9.17, 15) is 9.59 Å². The van der Waals surface area contributed by atoms with Crippen LogP contribution in [0.5, 0.6) is 0 Å². The Hall–Kier alpha value is -1.28. The molecule has 1 saturated heterocycles. The second kappa shape index (κ2) is 6.94. The van der Waals surface area contributed by atoms with Gasteiger partial charge in [-0.2, -0.15) is 11.8 Å². The Morgan fingerprint density at radius 2 is 2.35 bits per heavy atom. The minimum atomic E-state index is -1.05. The number of urea groups is 1. The van der Waals surface area contributed by atoms with E-state index in [2.05, 4.69) is 15.6 Å². The number of carbonyl (C=O) groups is 2. The Kier molecular flexibility index (Phi) is 5.24. The molecule has 2 atom stereocenters. The molecule has 8 heteroatoms. The molecule has 1 aliphatic heterocycles. The van der Waals surface area contributed by atoms with E-state index in [1.165, 1.54) is 16.7 Å². The highest BCUT2D eigenvalue weighted by atomic mass is 32.2. The molecule has 20 heavy (non-hydrogen) atoms. The van der Waals surface area contributed by atoms with Crippen LogP contribution >= 0.6 is 23.1 Å². The maximum atomic E-state index is 11.9. The molecule has 0 aromatic carbocycles. The van der Waals surface area contributed by atoms with Crippen molar-refractivity contribution < 1.29 is 14.7 Å². The Labute approximate surface area is 125 Å². The van der Waals surface area contributed by atoms with E-state index >= 15 is 0 Å². The summed E-state index contributed by atoms with van der Waals surface area (Å²) in [7, 11) is 0. The molecule has 2 rings (SSSR count). The number of aromatic nitrogens is 1. The van der Waals surface area contributed by atoms with Crippen molar-refractivity contribution >= 4 is 35.1 Å². The van der Waals surface area contributed by atoms with Crippen LogP contribution in [-0.4, -0.2) is 39.6 Å². The smallest absolute Gasteiger partial charge is 0.355 e. The number of hydrogen-bond acceptors (Lipinski definition) is 5. The Balaban J connectivity index is 1.84. The van der Waals surface area contributed by atoms with Gasteiger partial charge in [0, 0.05) is 17.2 Å². The maximum absolute atomic E-state index is 11.9. The molecule has 2 amide bonds. The highest BCUT2D eigenvalue weighted by molar-refractivity contribution is 7.99. The molecule has 2 heterocycles. The Bertz CT molecular complexity index is 486. The number of carboxylic acid groups (broad SMARTS) is 1. The number of thiazole rings is 1. The van der Waals surface area contributed by atoms with Crippen LogP contribution in [0.1, 0.15) is 41.3 Å². The number of aromatic carboxylic acids is 1. The van der Waals surface area contributed by atoms with Crippen LogP contribution in [0.3, 0.4) is 0 Å². The number of amides is 2. The van der Waals surface area contributed by atoms with Gasteiger partial charge in [0.05, 0.1) is 6.04 Å². The first kappa shape index (κ1) is 15.1. The molecule has 6 nitrogen and oxygen atoms in total. The average molecular weight is 315 g/mol. The minimum Gasteiger partial charge on any atom is -0.476 e. The average Bonchev–Trinajstić information content (AvgIpc) is 2.89. The molecule has 1 aromatic heterocycles. The van der Waals surface area contributed by atoms with Gasteiger partial charge in [0.1, 0.15) is 5.01 Å². The topological polar surface area (TPSA) is 91.3 Å². The van der Waals surface area contributed by atoms with E-state index in [4.69, 9.17) is 5.11 Å². The summed E-state index contributed by atoms with van der Waals surface area (Å²) in [5.41, 5.74) is 0.0164. The number of carboxylic acids is 1.